The predicted molar refractivity (Wildman–Crippen MR) is 113 cm³/mol. The molecule has 2 fully saturated rings. The van der Waals surface area contributed by atoms with Gasteiger partial charge < -0.3 is 9.47 Å². The van der Waals surface area contributed by atoms with Crippen LogP contribution in [0.2, 0.25) is 0 Å². The first-order chi connectivity index (χ1) is 13.3. The second-order valence-electron chi connectivity index (χ2n) is 5.42. The van der Waals surface area contributed by atoms with Gasteiger partial charge in [0.1, 0.15) is 8.64 Å². The summed E-state index contributed by atoms with van der Waals surface area (Å²) in [7, 11) is 0. The van der Waals surface area contributed by atoms with Crippen LogP contribution in [-0.4, -0.2) is 68.5 Å². The van der Waals surface area contributed by atoms with Crippen LogP contribution in [0.25, 0.3) is 0 Å². The number of thiocarbonyl (C=S) groups is 2. The largest absolute Gasteiger partial charge is 0.466 e. The minimum atomic E-state index is -0.440. The molecular formula is C16H18N2O6S4. The van der Waals surface area contributed by atoms with Crippen LogP contribution in [0, 0.1) is 0 Å². The van der Waals surface area contributed by atoms with Crippen molar-refractivity contribution in [3.63, 3.8) is 0 Å². The molecule has 2 aliphatic heterocycles. The fourth-order valence-electron chi connectivity index (χ4n) is 2.33. The smallest absolute Gasteiger partial charge is 0.307 e. The number of nitrogens with zero attached hydrogens (tertiary/aromatic N) is 2. The van der Waals surface area contributed by atoms with Gasteiger partial charge in [0.25, 0.3) is 11.8 Å². The summed E-state index contributed by atoms with van der Waals surface area (Å²) in [6.45, 7) is 4.06. The highest BCUT2D eigenvalue weighted by Gasteiger charge is 2.42. The molecule has 0 aromatic rings. The summed E-state index contributed by atoms with van der Waals surface area (Å²) in [6, 6.07) is 0. The third-order valence-electron chi connectivity index (χ3n) is 3.59. The highest BCUT2D eigenvalue weighted by Crippen LogP contribution is 2.42. The molecule has 8 nitrogen and oxygen atoms in total. The van der Waals surface area contributed by atoms with Crippen molar-refractivity contribution in [2.24, 2.45) is 0 Å². The molecular weight excluding hydrogens is 444 g/mol. The van der Waals surface area contributed by atoms with Gasteiger partial charge in [-0.05, 0) is 13.8 Å². The summed E-state index contributed by atoms with van der Waals surface area (Å²) >= 11 is 12.4. The molecule has 0 saturated carbocycles. The molecule has 2 amide bonds. The highest BCUT2D eigenvalue weighted by atomic mass is 32.2. The Hall–Kier alpha value is -1.50. The summed E-state index contributed by atoms with van der Waals surface area (Å²) in [6.07, 6.45) is 0.0160. The lowest BCUT2D eigenvalue weighted by atomic mass is 10.3. The molecule has 0 aromatic heterocycles. The van der Waals surface area contributed by atoms with Crippen LogP contribution < -0.4 is 0 Å². The summed E-state index contributed by atoms with van der Waals surface area (Å²) in [4.78, 5) is 51.3. The van der Waals surface area contributed by atoms with E-state index in [9.17, 15) is 19.2 Å². The zero-order chi connectivity index (χ0) is 20.8. The molecule has 0 aromatic carbocycles. The quantitative estimate of drug-likeness (QED) is 0.302. The van der Waals surface area contributed by atoms with Crippen LogP contribution in [0.5, 0.6) is 0 Å². The monoisotopic (exact) mass is 462 g/mol. The van der Waals surface area contributed by atoms with E-state index in [0.29, 0.717) is 0 Å². The lowest BCUT2D eigenvalue weighted by molar-refractivity contribution is -0.144. The molecule has 2 saturated heterocycles. The van der Waals surface area contributed by atoms with Gasteiger partial charge in [-0.25, -0.2) is 0 Å². The van der Waals surface area contributed by atoms with Crippen LogP contribution in [0.1, 0.15) is 26.7 Å². The number of ether oxygens (including phenoxy) is 2. The molecule has 2 aliphatic rings. The first-order valence-corrected chi connectivity index (χ1v) is 10.9. The molecule has 0 N–H and O–H groups in total. The highest BCUT2D eigenvalue weighted by molar-refractivity contribution is 8.29. The number of carbonyl (C=O) groups excluding carboxylic acids is 4. The normalized spacial score (nSPS) is 19.6. The van der Waals surface area contributed by atoms with Crippen molar-refractivity contribution in [1.82, 2.24) is 9.80 Å². The minimum Gasteiger partial charge on any atom is -0.466 e. The number of hydrogen-bond acceptors (Lipinski definition) is 10. The van der Waals surface area contributed by atoms with Crippen molar-refractivity contribution in [1.29, 1.82) is 0 Å². The van der Waals surface area contributed by atoms with Crippen molar-refractivity contribution in [2.75, 3.05) is 26.3 Å². The molecule has 0 bridgehead atoms. The van der Waals surface area contributed by atoms with E-state index in [4.69, 9.17) is 33.9 Å². The lowest BCUT2D eigenvalue weighted by Crippen LogP contribution is -2.32. The van der Waals surface area contributed by atoms with E-state index in [2.05, 4.69) is 0 Å². The lowest BCUT2D eigenvalue weighted by Gasteiger charge is -2.14. The molecule has 152 valence electrons. The Morgan fingerprint density at radius 1 is 0.821 bits per heavy atom. The summed E-state index contributed by atoms with van der Waals surface area (Å²) in [5.41, 5.74) is 0. The van der Waals surface area contributed by atoms with Gasteiger partial charge in [-0.2, -0.15) is 0 Å². The van der Waals surface area contributed by atoms with E-state index in [1.165, 1.54) is 9.80 Å². The van der Waals surface area contributed by atoms with E-state index < -0.39 is 23.8 Å². The van der Waals surface area contributed by atoms with Crippen LogP contribution in [0.3, 0.4) is 0 Å². The van der Waals surface area contributed by atoms with Gasteiger partial charge in [0.2, 0.25) is 0 Å². The van der Waals surface area contributed by atoms with E-state index in [0.717, 1.165) is 23.5 Å². The van der Waals surface area contributed by atoms with Gasteiger partial charge in [-0.15, -0.1) is 0 Å². The van der Waals surface area contributed by atoms with Crippen molar-refractivity contribution < 1.29 is 28.7 Å². The molecule has 28 heavy (non-hydrogen) atoms. The average molecular weight is 463 g/mol. The van der Waals surface area contributed by atoms with Crippen molar-refractivity contribution in [2.45, 2.75) is 26.7 Å². The molecule has 0 radical (unpaired) electrons. The van der Waals surface area contributed by atoms with Crippen molar-refractivity contribution in [3.8, 4) is 0 Å². The number of thioether (sulfide) groups is 2. The molecule has 2 rings (SSSR count). The Balaban J connectivity index is 2.08. The number of amides is 2. The molecule has 0 aliphatic carbocycles. The average Bonchev–Trinajstić information content (AvgIpc) is 3.07. The van der Waals surface area contributed by atoms with Crippen LogP contribution >= 0.6 is 48.0 Å². The topological polar surface area (TPSA) is 93.2 Å². The predicted octanol–water partition coefficient (Wildman–Crippen LogP) is 1.82. The van der Waals surface area contributed by atoms with Crippen molar-refractivity contribution in [3.05, 3.63) is 9.81 Å². The molecule has 0 unspecified atom stereocenters. The maximum Gasteiger partial charge on any atom is 0.307 e. The Morgan fingerprint density at radius 2 is 1.18 bits per heavy atom. The van der Waals surface area contributed by atoms with Crippen LogP contribution in [0.4, 0.5) is 0 Å². The van der Waals surface area contributed by atoms with Gasteiger partial charge in [0, 0.05) is 13.1 Å². The molecule has 0 spiro atoms. The Bertz CT molecular complexity index is 704. The molecule has 12 heteroatoms. The van der Waals surface area contributed by atoms with Gasteiger partial charge >= 0.3 is 11.9 Å². The van der Waals surface area contributed by atoms with E-state index in [-0.39, 0.29) is 57.6 Å². The summed E-state index contributed by atoms with van der Waals surface area (Å²) < 4.78 is 10.2. The van der Waals surface area contributed by atoms with Gasteiger partial charge in [-0.3, -0.25) is 29.0 Å². The standard InChI is InChI=1S/C16H18N2O6S4/c1-3-23-9(19)5-7-17-13(21)11(27-15(17)25)12-14(22)18(16(26)28-12)8-6-10(20)24-4-2/h3-8H2,1-2H3/b12-11-. The Kier molecular flexibility index (Phi) is 8.40. The van der Waals surface area contributed by atoms with Crippen LogP contribution in [0.15, 0.2) is 9.81 Å². The third kappa shape index (κ3) is 5.31. The molecule has 2 heterocycles. The first-order valence-electron chi connectivity index (χ1n) is 8.43. The van der Waals surface area contributed by atoms with E-state index in [1.807, 2.05) is 0 Å². The second-order valence-corrected chi connectivity index (χ2v) is 8.71. The third-order valence-corrected chi connectivity index (χ3v) is 6.62. The zero-order valence-electron chi connectivity index (χ0n) is 15.2. The fourth-order valence-corrected chi connectivity index (χ4v) is 5.10. The van der Waals surface area contributed by atoms with Gasteiger partial charge in [0.15, 0.2) is 0 Å². The van der Waals surface area contributed by atoms with Gasteiger partial charge in [0.05, 0.1) is 35.9 Å². The fraction of sp³-hybridized carbons (Fsp3) is 0.500. The summed E-state index contributed by atoms with van der Waals surface area (Å²) in [5, 5.41) is 0. The minimum absolute atomic E-state index is 0.00800. The number of rotatable bonds is 8. The Labute approximate surface area is 181 Å². The van der Waals surface area contributed by atoms with Crippen LogP contribution in [-0.2, 0) is 28.7 Å². The summed E-state index contributed by atoms with van der Waals surface area (Å²) in [5.74, 6) is -1.74. The zero-order valence-corrected chi connectivity index (χ0v) is 18.5. The Morgan fingerprint density at radius 3 is 1.50 bits per heavy atom. The SMILES string of the molecule is CCOC(=O)CCN1C(=O)/C(=C2/SC(=S)N(CCC(=O)OCC)C2=O)SC1=S. The maximum absolute atomic E-state index is 12.7. The second kappa shape index (κ2) is 10.3. The van der Waals surface area contributed by atoms with E-state index >= 15 is 0 Å². The van der Waals surface area contributed by atoms with Crippen molar-refractivity contribution >= 4 is 80.4 Å². The van der Waals surface area contributed by atoms with E-state index in [1.54, 1.807) is 13.8 Å². The number of carbonyl (C=O) groups is 4. The first kappa shape index (κ1) is 22.8. The van der Waals surface area contributed by atoms with Gasteiger partial charge in [-0.1, -0.05) is 48.0 Å². The number of hydrogen-bond donors (Lipinski definition) is 0. The maximum atomic E-state index is 12.7. The number of esters is 2. The molecule has 0 atom stereocenters.